The van der Waals surface area contributed by atoms with Gasteiger partial charge in [-0.2, -0.15) is 0 Å². The zero-order chi connectivity index (χ0) is 19.4. The van der Waals surface area contributed by atoms with Gasteiger partial charge in [0.05, 0.1) is 0 Å². The zero-order valence-electron chi connectivity index (χ0n) is 17.6. The van der Waals surface area contributed by atoms with Gasteiger partial charge >= 0.3 is 0 Å². The highest BCUT2D eigenvalue weighted by Crippen LogP contribution is 2.28. The van der Waals surface area contributed by atoms with Gasteiger partial charge < -0.3 is 20.3 Å². The number of ether oxygens (including phenoxy) is 1. The maximum absolute atomic E-state index is 5.66. The molecule has 1 aromatic rings. The molecule has 2 N–H and O–H groups in total. The Hall–Kier alpha value is -1.20. The molecule has 9 heteroatoms. The van der Waals surface area contributed by atoms with Crippen molar-refractivity contribution in [3.8, 4) is 0 Å². The van der Waals surface area contributed by atoms with E-state index in [1.54, 1.807) is 0 Å². The molecule has 1 aliphatic heterocycles. The van der Waals surface area contributed by atoms with Gasteiger partial charge in [0, 0.05) is 71.9 Å². The average molecular weight is 517 g/mol. The molecule has 2 fully saturated rings. The Balaban J connectivity index is 0.00000300. The summed E-state index contributed by atoms with van der Waals surface area (Å²) in [4.78, 5) is 17.7. The smallest absolute Gasteiger partial charge is 0.225 e. The van der Waals surface area contributed by atoms with Crippen LogP contribution in [0.3, 0.4) is 0 Å². The van der Waals surface area contributed by atoms with Crippen molar-refractivity contribution >= 4 is 35.9 Å². The number of guanidine groups is 1. The van der Waals surface area contributed by atoms with Crippen molar-refractivity contribution in [3.05, 3.63) is 18.5 Å². The Morgan fingerprint density at radius 1 is 1.10 bits per heavy atom. The van der Waals surface area contributed by atoms with E-state index in [-0.39, 0.29) is 24.0 Å². The van der Waals surface area contributed by atoms with Crippen molar-refractivity contribution < 1.29 is 4.74 Å². The van der Waals surface area contributed by atoms with Gasteiger partial charge in [0.15, 0.2) is 5.96 Å². The number of anilines is 1. The Labute approximate surface area is 191 Å². The molecular formula is C20H36IN7O. The molecule has 1 saturated carbocycles. The van der Waals surface area contributed by atoms with Crippen molar-refractivity contribution in [2.75, 3.05) is 71.0 Å². The van der Waals surface area contributed by atoms with E-state index in [0.717, 1.165) is 89.7 Å². The van der Waals surface area contributed by atoms with Crippen molar-refractivity contribution in [2.24, 2.45) is 10.9 Å². The van der Waals surface area contributed by atoms with Crippen LogP contribution in [0, 0.1) is 5.92 Å². The van der Waals surface area contributed by atoms with Crippen LogP contribution in [0.4, 0.5) is 5.95 Å². The highest BCUT2D eigenvalue weighted by Gasteiger charge is 2.21. The summed E-state index contributed by atoms with van der Waals surface area (Å²) in [6, 6.07) is 1.86. The van der Waals surface area contributed by atoms with Crippen LogP contribution in [0.1, 0.15) is 25.7 Å². The van der Waals surface area contributed by atoms with Crippen LogP contribution in [0.25, 0.3) is 0 Å². The maximum atomic E-state index is 5.66. The minimum absolute atomic E-state index is 0. The van der Waals surface area contributed by atoms with Crippen molar-refractivity contribution in [2.45, 2.75) is 25.7 Å². The molecule has 29 heavy (non-hydrogen) atoms. The SMILES string of the molecule is CN=C(NCCCOCC1CC1)NCCCN1CCN(c2ncccn2)CC1.I. The summed E-state index contributed by atoms with van der Waals surface area (Å²) in [7, 11) is 1.82. The van der Waals surface area contributed by atoms with E-state index in [9.17, 15) is 0 Å². The Morgan fingerprint density at radius 2 is 1.79 bits per heavy atom. The summed E-state index contributed by atoms with van der Waals surface area (Å²) in [5.74, 6) is 2.57. The lowest BCUT2D eigenvalue weighted by molar-refractivity contribution is 0.123. The number of nitrogens with one attached hydrogen (secondary N) is 2. The van der Waals surface area contributed by atoms with Crippen LogP contribution in [0.2, 0.25) is 0 Å². The Kier molecular flexibility index (Phi) is 11.6. The summed E-state index contributed by atoms with van der Waals surface area (Å²) in [5.41, 5.74) is 0. The predicted molar refractivity (Wildman–Crippen MR) is 128 cm³/mol. The highest BCUT2D eigenvalue weighted by molar-refractivity contribution is 14.0. The van der Waals surface area contributed by atoms with E-state index < -0.39 is 0 Å². The van der Waals surface area contributed by atoms with Gasteiger partial charge in [-0.15, -0.1) is 24.0 Å². The van der Waals surface area contributed by atoms with Gasteiger partial charge in [-0.05, 0) is 44.2 Å². The normalized spacial score (nSPS) is 17.7. The van der Waals surface area contributed by atoms with Crippen LogP contribution >= 0.6 is 24.0 Å². The average Bonchev–Trinajstić information content (AvgIpc) is 3.57. The van der Waals surface area contributed by atoms with Crippen molar-refractivity contribution in [3.63, 3.8) is 0 Å². The number of aliphatic imine (C=N–C) groups is 1. The molecule has 0 atom stereocenters. The molecule has 0 aromatic carbocycles. The highest BCUT2D eigenvalue weighted by atomic mass is 127. The number of halogens is 1. The van der Waals surface area contributed by atoms with Crippen LogP contribution in [-0.4, -0.2) is 86.9 Å². The second kappa shape index (κ2) is 13.9. The fourth-order valence-corrected chi connectivity index (χ4v) is 3.27. The van der Waals surface area contributed by atoms with Gasteiger partial charge in [-0.1, -0.05) is 0 Å². The second-order valence-corrected chi connectivity index (χ2v) is 7.53. The Bertz CT molecular complexity index is 577. The largest absolute Gasteiger partial charge is 0.381 e. The number of aromatic nitrogens is 2. The van der Waals surface area contributed by atoms with E-state index in [2.05, 4.69) is 35.4 Å². The van der Waals surface area contributed by atoms with Crippen LogP contribution in [-0.2, 0) is 4.74 Å². The van der Waals surface area contributed by atoms with Crippen LogP contribution in [0.15, 0.2) is 23.5 Å². The number of nitrogens with zero attached hydrogens (tertiary/aromatic N) is 5. The van der Waals surface area contributed by atoms with E-state index >= 15 is 0 Å². The standard InChI is InChI=1S/C20H35N7O.HI/c1-21-19(23-10-4-16-28-17-18-5-6-18)22-9-3-11-26-12-14-27(15-13-26)20-24-7-2-8-25-20;/h2,7-8,18H,3-6,9-17H2,1H3,(H2,21,22,23);1H. The van der Waals surface area contributed by atoms with E-state index in [1.165, 1.54) is 12.8 Å². The first-order valence-electron chi connectivity index (χ1n) is 10.6. The molecule has 0 radical (unpaired) electrons. The van der Waals surface area contributed by atoms with Gasteiger partial charge in [0.2, 0.25) is 5.95 Å². The minimum atomic E-state index is 0. The zero-order valence-corrected chi connectivity index (χ0v) is 19.9. The minimum Gasteiger partial charge on any atom is -0.381 e. The fraction of sp³-hybridized carbons (Fsp3) is 0.750. The van der Waals surface area contributed by atoms with E-state index in [4.69, 9.17) is 4.74 Å². The quantitative estimate of drug-likeness (QED) is 0.200. The predicted octanol–water partition coefficient (Wildman–Crippen LogP) is 1.59. The molecule has 164 valence electrons. The lowest BCUT2D eigenvalue weighted by Crippen LogP contribution is -2.47. The van der Waals surface area contributed by atoms with Gasteiger partial charge in [-0.3, -0.25) is 9.89 Å². The van der Waals surface area contributed by atoms with Gasteiger partial charge in [-0.25, -0.2) is 9.97 Å². The summed E-state index contributed by atoms with van der Waals surface area (Å²) in [6.45, 7) is 8.81. The number of hydrogen-bond donors (Lipinski definition) is 2. The van der Waals surface area contributed by atoms with E-state index in [0.29, 0.717) is 0 Å². The maximum Gasteiger partial charge on any atom is 0.225 e. The second-order valence-electron chi connectivity index (χ2n) is 7.53. The number of hydrogen-bond acceptors (Lipinski definition) is 6. The fourth-order valence-electron chi connectivity index (χ4n) is 3.27. The van der Waals surface area contributed by atoms with Gasteiger partial charge in [0.1, 0.15) is 0 Å². The molecule has 0 amide bonds. The molecule has 1 aromatic heterocycles. The molecule has 8 nitrogen and oxygen atoms in total. The molecule has 0 spiro atoms. The third kappa shape index (κ3) is 9.43. The lowest BCUT2D eigenvalue weighted by atomic mass is 10.3. The summed E-state index contributed by atoms with van der Waals surface area (Å²) >= 11 is 0. The first-order valence-corrected chi connectivity index (χ1v) is 10.6. The monoisotopic (exact) mass is 517 g/mol. The van der Waals surface area contributed by atoms with E-state index in [1.807, 2.05) is 25.5 Å². The number of rotatable bonds is 11. The third-order valence-electron chi connectivity index (χ3n) is 5.18. The Morgan fingerprint density at radius 3 is 2.45 bits per heavy atom. The van der Waals surface area contributed by atoms with Crippen LogP contribution < -0.4 is 15.5 Å². The van der Waals surface area contributed by atoms with Gasteiger partial charge in [0.25, 0.3) is 0 Å². The molecule has 1 aliphatic carbocycles. The molecule has 2 heterocycles. The molecular weight excluding hydrogens is 481 g/mol. The first-order chi connectivity index (χ1) is 13.8. The number of piperazine rings is 1. The molecule has 0 unspecified atom stereocenters. The third-order valence-corrected chi connectivity index (χ3v) is 5.18. The summed E-state index contributed by atoms with van der Waals surface area (Å²) in [5, 5.41) is 6.76. The van der Waals surface area contributed by atoms with Crippen molar-refractivity contribution in [1.82, 2.24) is 25.5 Å². The molecule has 0 bridgehead atoms. The van der Waals surface area contributed by atoms with Crippen molar-refractivity contribution in [1.29, 1.82) is 0 Å². The first kappa shape index (κ1) is 24.1. The topological polar surface area (TPSA) is 77.9 Å². The summed E-state index contributed by atoms with van der Waals surface area (Å²) < 4.78 is 5.66. The van der Waals surface area contributed by atoms with Crippen LogP contribution in [0.5, 0.6) is 0 Å². The molecule has 1 saturated heterocycles. The molecule has 2 aliphatic rings. The summed E-state index contributed by atoms with van der Waals surface area (Å²) in [6.07, 6.45) is 8.44. The molecule has 3 rings (SSSR count). The lowest BCUT2D eigenvalue weighted by Gasteiger charge is -2.34.